The van der Waals surface area contributed by atoms with Crippen LogP contribution in [0.1, 0.15) is 23.2 Å². The fourth-order valence-electron chi connectivity index (χ4n) is 2.87. The topological polar surface area (TPSA) is 79.5 Å². The van der Waals surface area contributed by atoms with Gasteiger partial charge < -0.3 is 15.7 Å². The number of likely N-dealkylation sites (tertiary alicyclic amines) is 1. The predicted molar refractivity (Wildman–Crippen MR) is 62.2 cm³/mol. The van der Waals surface area contributed by atoms with Crippen molar-refractivity contribution in [2.75, 3.05) is 12.3 Å². The molecule has 2 fully saturated rings. The molecule has 2 heterocycles. The standard InChI is InChI=1S/C12H15N3O2/c13-11-2-1-7(5-14-11)12(17)15-6-8-3-9(15)4-10(8)16/h1-2,5,8-10,16H,3-4,6H2,(H2,13,14)/t8-,9-,10+/m0/s1. The molecule has 0 radical (unpaired) electrons. The van der Waals surface area contributed by atoms with E-state index < -0.39 is 0 Å². The first kappa shape index (κ1) is 10.5. The number of carbonyl (C=O) groups is 1. The van der Waals surface area contributed by atoms with Crippen molar-refractivity contribution in [3.63, 3.8) is 0 Å². The van der Waals surface area contributed by atoms with Crippen LogP contribution in [0.25, 0.3) is 0 Å². The molecular weight excluding hydrogens is 218 g/mol. The summed E-state index contributed by atoms with van der Waals surface area (Å²) in [5, 5.41) is 9.66. The van der Waals surface area contributed by atoms with Gasteiger partial charge in [-0.1, -0.05) is 0 Å². The summed E-state index contributed by atoms with van der Waals surface area (Å²) < 4.78 is 0. The minimum atomic E-state index is -0.228. The summed E-state index contributed by atoms with van der Waals surface area (Å²) in [7, 11) is 0. The number of fused-ring (bicyclic) bond motifs is 2. The number of hydrogen-bond donors (Lipinski definition) is 2. The quantitative estimate of drug-likeness (QED) is 0.729. The van der Waals surface area contributed by atoms with Crippen LogP contribution in [0.5, 0.6) is 0 Å². The van der Waals surface area contributed by atoms with E-state index in [-0.39, 0.29) is 24.0 Å². The zero-order valence-corrected chi connectivity index (χ0v) is 9.41. The van der Waals surface area contributed by atoms with E-state index in [0.29, 0.717) is 24.3 Å². The first-order valence-electron chi connectivity index (χ1n) is 5.85. The Labute approximate surface area is 99.2 Å². The molecule has 2 aliphatic rings. The maximum Gasteiger partial charge on any atom is 0.255 e. The number of anilines is 1. The van der Waals surface area contributed by atoms with E-state index in [1.807, 2.05) is 4.90 Å². The van der Waals surface area contributed by atoms with Crippen LogP contribution in [0.3, 0.4) is 0 Å². The van der Waals surface area contributed by atoms with Crippen LogP contribution in [0.15, 0.2) is 18.3 Å². The lowest BCUT2D eigenvalue weighted by molar-refractivity contribution is 0.0516. The van der Waals surface area contributed by atoms with Crippen LogP contribution in [0.2, 0.25) is 0 Å². The zero-order chi connectivity index (χ0) is 12.0. The highest BCUT2D eigenvalue weighted by Gasteiger charge is 2.45. The molecule has 0 aromatic carbocycles. The van der Waals surface area contributed by atoms with Crippen LogP contribution in [-0.2, 0) is 0 Å². The third-order valence-corrected chi connectivity index (χ3v) is 3.80. The van der Waals surface area contributed by atoms with E-state index >= 15 is 0 Å². The number of pyridine rings is 1. The molecular formula is C12H15N3O2. The number of hydrogen-bond acceptors (Lipinski definition) is 4. The highest BCUT2D eigenvalue weighted by atomic mass is 16.3. The van der Waals surface area contributed by atoms with Gasteiger partial charge >= 0.3 is 0 Å². The average Bonchev–Trinajstić information content (AvgIpc) is 2.87. The maximum absolute atomic E-state index is 12.2. The second kappa shape index (κ2) is 3.70. The summed E-state index contributed by atoms with van der Waals surface area (Å²) in [5.74, 6) is 0.669. The molecule has 1 aromatic heterocycles. The van der Waals surface area contributed by atoms with Gasteiger partial charge in [-0.3, -0.25) is 4.79 Å². The molecule has 0 unspecified atom stereocenters. The van der Waals surface area contributed by atoms with Crippen molar-refractivity contribution in [3.05, 3.63) is 23.9 Å². The number of nitrogens with two attached hydrogens (primary N) is 1. The van der Waals surface area contributed by atoms with E-state index in [1.54, 1.807) is 12.1 Å². The normalized spacial score (nSPS) is 30.9. The van der Waals surface area contributed by atoms with Crippen LogP contribution >= 0.6 is 0 Å². The van der Waals surface area contributed by atoms with Gasteiger partial charge in [-0.05, 0) is 25.0 Å². The molecule has 1 saturated carbocycles. The van der Waals surface area contributed by atoms with Gasteiger partial charge in [-0.2, -0.15) is 0 Å². The molecule has 1 aliphatic heterocycles. The smallest absolute Gasteiger partial charge is 0.255 e. The highest BCUT2D eigenvalue weighted by Crippen LogP contribution is 2.38. The van der Waals surface area contributed by atoms with Crippen LogP contribution in [0.4, 0.5) is 5.82 Å². The van der Waals surface area contributed by atoms with Crippen molar-refractivity contribution in [2.24, 2.45) is 5.92 Å². The number of amides is 1. The molecule has 17 heavy (non-hydrogen) atoms. The van der Waals surface area contributed by atoms with Gasteiger partial charge in [-0.15, -0.1) is 0 Å². The van der Waals surface area contributed by atoms with Gasteiger partial charge in [0.25, 0.3) is 5.91 Å². The van der Waals surface area contributed by atoms with Crippen LogP contribution < -0.4 is 5.73 Å². The summed E-state index contributed by atoms with van der Waals surface area (Å²) in [5.41, 5.74) is 6.06. The zero-order valence-electron chi connectivity index (χ0n) is 9.41. The number of piperidine rings is 1. The van der Waals surface area contributed by atoms with E-state index in [4.69, 9.17) is 5.73 Å². The molecule has 3 atom stereocenters. The maximum atomic E-state index is 12.2. The summed E-state index contributed by atoms with van der Waals surface area (Å²) in [6.07, 6.45) is 2.92. The first-order chi connectivity index (χ1) is 8.15. The molecule has 5 heteroatoms. The number of aliphatic hydroxyl groups excluding tert-OH is 1. The minimum absolute atomic E-state index is 0.00287. The number of carbonyl (C=O) groups excluding carboxylic acids is 1. The summed E-state index contributed by atoms with van der Waals surface area (Å²) >= 11 is 0. The molecule has 3 N–H and O–H groups in total. The Morgan fingerprint density at radius 3 is 2.82 bits per heavy atom. The lowest BCUT2D eigenvalue weighted by Crippen LogP contribution is -2.41. The van der Waals surface area contributed by atoms with Crippen molar-refractivity contribution < 1.29 is 9.90 Å². The monoisotopic (exact) mass is 233 g/mol. The second-order valence-corrected chi connectivity index (χ2v) is 4.88. The molecule has 3 rings (SSSR count). The number of aliphatic hydroxyl groups is 1. The third kappa shape index (κ3) is 1.67. The number of nitrogen functional groups attached to an aromatic ring is 1. The van der Waals surface area contributed by atoms with Gasteiger partial charge in [0.2, 0.25) is 0 Å². The Hall–Kier alpha value is -1.62. The van der Waals surface area contributed by atoms with Crippen LogP contribution in [-0.4, -0.2) is 39.6 Å². The first-order valence-corrected chi connectivity index (χ1v) is 5.85. The van der Waals surface area contributed by atoms with Gasteiger partial charge in [0.05, 0.1) is 11.7 Å². The van der Waals surface area contributed by atoms with Crippen molar-refractivity contribution in [1.82, 2.24) is 9.88 Å². The summed E-state index contributed by atoms with van der Waals surface area (Å²) in [6, 6.07) is 3.53. The Morgan fingerprint density at radius 1 is 1.47 bits per heavy atom. The summed E-state index contributed by atoms with van der Waals surface area (Å²) in [6.45, 7) is 0.662. The minimum Gasteiger partial charge on any atom is -0.393 e. The Balaban J connectivity index is 1.78. The molecule has 1 aliphatic carbocycles. The van der Waals surface area contributed by atoms with E-state index in [0.717, 1.165) is 6.42 Å². The number of aromatic nitrogens is 1. The molecule has 2 bridgehead atoms. The van der Waals surface area contributed by atoms with E-state index in [2.05, 4.69) is 4.98 Å². The van der Waals surface area contributed by atoms with Crippen molar-refractivity contribution in [3.8, 4) is 0 Å². The summed E-state index contributed by atoms with van der Waals surface area (Å²) in [4.78, 5) is 18.0. The number of nitrogens with zero attached hydrogens (tertiary/aromatic N) is 2. The van der Waals surface area contributed by atoms with Crippen molar-refractivity contribution in [1.29, 1.82) is 0 Å². The lowest BCUT2D eigenvalue weighted by atomic mass is 10.1. The predicted octanol–water partition coefficient (Wildman–Crippen LogP) is 0.259. The fourth-order valence-corrected chi connectivity index (χ4v) is 2.87. The molecule has 90 valence electrons. The largest absolute Gasteiger partial charge is 0.393 e. The third-order valence-electron chi connectivity index (χ3n) is 3.80. The van der Waals surface area contributed by atoms with Gasteiger partial charge in [0, 0.05) is 24.7 Å². The molecule has 1 aromatic rings. The average molecular weight is 233 g/mol. The highest BCUT2D eigenvalue weighted by molar-refractivity contribution is 5.94. The molecule has 5 nitrogen and oxygen atoms in total. The van der Waals surface area contributed by atoms with Crippen LogP contribution in [0, 0.1) is 5.92 Å². The van der Waals surface area contributed by atoms with Crippen molar-refractivity contribution >= 4 is 11.7 Å². The second-order valence-electron chi connectivity index (χ2n) is 4.88. The SMILES string of the molecule is Nc1ccc(C(=O)N2C[C@@H]3C[C@H]2C[C@H]3O)cn1. The molecule has 1 saturated heterocycles. The Kier molecular flexibility index (Phi) is 2.29. The molecule has 1 amide bonds. The van der Waals surface area contributed by atoms with E-state index in [9.17, 15) is 9.90 Å². The Bertz CT molecular complexity index is 444. The van der Waals surface area contributed by atoms with E-state index in [1.165, 1.54) is 6.20 Å². The lowest BCUT2D eigenvalue weighted by Gasteiger charge is -2.29. The van der Waals surface area contributed by atoms with Gasteiger partial charge in [-0.25, -0.2) is 4.98 Å². The van der Waals surface area contributed by atoms with Gasteiger partial charge in [0.1, 0.15) is 5.82 Å². The van der Waals surface area contributed by atoms with Gasteiger partial charge in [0.15, 0.2) is 0 Å². The molecule has 0 spiro atoms. The fraction of sp³-hybridized carbons (Fsp3) is 0.500. The Morgan fingerprint density at radius 2 is 2.29 bits per heavy atom. The van der Waals surface area contributed by atoms with Crippen molar-refractivity contribution in [2.45, 2.75) is 25.0 Å². The number of rotatable bonds is 1.